The third kappa shape index (κ3) is 5.80. The molecule has 1 saturated heterocycles. The van der Waals surface area contributed by atoms with E-state index in [2.05, 4.69) is 5.32 Å². The van der Waals surface area contributed by atoms with Gasteiger partial charge in [0.2, 0.25) is 5.91 Å². The van der Waals surface area contributed by atoms with E-state index >= 15 is 0 Å². The first-order valence-corrected chi connectivity index (χ1v) is 11.9. The number of hydrogen-bond donors (Lipinski definition) is 1. The summed E-state index contributed by atoms with van der Waals surface area (Å²) in [6, 6.07) is 16.5. The van der Waals surface area contributed by atoms with Crippen LogP contribution in [0.1, 0.15) is 29.3 Å². The van der Waals surface area contributed by atoms with E-state index in [1.165, 1.54) is 30.2 Å². The highest BCUT2D eigenvalue weighted by Crippen LogP contribution is 2.29. The molecule has 4 amide bonds. The van der Waals surface area contributed by atoms with Gasteiger partial charge >= 0.3 is 12.0 Å². The van der Waals surface area contributed by atoms with Crippen molar-refractivity contribution < 1.29 is 33.0 Å². The van der Waals surface area contributed by atoms with Crippen molar-refractivity contribution in [2.24, 2.45) is 0 Å². The number of hydrogen-bond acceptors (Lipinski definition) is 6. The summed E-state index contributed by atoms with van der Waals surface area (Å²) in [6.07, 6.45) is -0.337. The number of urea groups is 1. The van der Waals surface area contributed by atoms with Crippen molar-refractivity contribution in [3.8, 4) is 5.75 Å². The van der Waals surface area contributed by atoms with Gasteiger partial charge in [0, 0.05) is 12.2 Å². The number of nitrogens with zero attached hydrogens (tertiary/aromatic N) is 2. The van der Waals surface area contributed by atoms with Crippen LogP contribution in [0.15, 0.2) is 72.8 Å². The van der Waals surface area contributed by atoms with Crippen LogP contribution in [0.3, 0.4) is 0 Å². The fourth-order valence-corrected chi connectivity index (χ4v) is 4.14. The van der Waals surface area contributed by atoms with Crippen LogP contribution in [0.4, 0.5) is 20.6 Å². The molecule has 10 heteroatoms. The molecule has 1 N–H and O–H groups in total. The molecule has 1 heterocycles. The summed E-state index contributed by atoms with van der Waals surface area (Å²) in [5.41, 5.74) is 1.49. The van der Waals surface area contributed by atoms with Crippen LogP contribution in [0, 0.1) is 5.82 Å². The first-order valence-electron chi connectivity index (χ1n) is 11.9. The van der Waals surface area contributed by atoms with Crippen molar-refractivity contribution in [2.45, 2.75) is 25.9 Å². The van der Waals surface area contributed by atoms with E-state index < -0.39 is 35.7 Å². The molecule has 4 rings (SSSR count). The van der Waals surface area contributed by atoms with Crippen molar-refractivity contribution in [1.82, 2.24) is 4.90 Å². The minimum Gasteiger partial charge on any atom is -0.497 e. The van der Waals surface area contributed by atoms with Gasteiger partial charge in [-0.15, -0.1) is 0 Å². The molecule has 0 spiro atoms. The highest BCUT2D eigenvalue weighted by atomic mass is 19.1. The van der Waals surface area contributed by atoms with Gasteiger partial charge in [0.1, 0.15) is 17.6 Å². The van der Waals surface area contributed by atoms with Crippen LogP contribution in [0.25, 0.3) is 0 Å². The van der Waals surface area contributed by atoms with Gasteiger partial charge < -0.3 is 19.7 Å². The minimum atomic E-state index is -1.12. The number of methoxy groups -OCH3 is 1. The highest BCUT2D eigenvalue weighted by Gasteiger charge is 2.46. The lowest BCUT2D eigenvalue weighted by molar-refractivity contribution is -0.124. The van der Waals surface area contributed by atoms with Gasteiger partial charge in [0.05, 0.1) is 31.4 Å². The SMILES string of the molecule is CCOC(=O)c1cccc(NC(=O)C[C@H]2C(=O)N(c3ccc(F)cc3)C(=O)N2Cc2cccc(OC)c2)c1. The predicted octanol–water partition coefficient (Wildman–Crippen LogP) is 4.38. The Hall–Kier alpha value is -4.73. The number of rotatable bonds is 9. The molecule has 1 fully saturated rings. The summed E-state index contributed by atoms with van der Waals surface area (Å²) in [6.45, 7) is 1.94. The Kier molecular flexibility index (Phi) is 8.00. The molecule has 38 heavy (non-hydrogen) atoms. The molecule has 0 unspecified atom stereocenters. The molecular formula is C28H26FN3O6. The number of imide groups is 1. The zero-order chi connectivity index (χ0) is 27.2. The Labute approximate surface area is 218 Å². The van der Waals surface area contributed by atoms with Crippen molar-refractivity contribution >= 4 is 35.2 Å². The average molecular weight is 520 g/mol. The van der Waals surface area contributed by atoms with Gasteiger partial charge in [-0.05, 0) is 67.1 Å². The molecule has 0 aromatic heterocycles. The molecule has 0 bridgehead atoms. The smallest absolute Gasteiger partial charge is 0.338 e. The van der Waals surface area contributed by atoms with Gasteiger partial charge in [0.25, 0.3) is 5.91 Å². The van der Waals surface area contributed by atoms with Gasteiger partial charge in [-0.3, -0.25) is 9.59 Å². The zero-order valence-corrected chi connectivity index (χ0v) is 20.8. The number of anilines is 2. The number of benzene rings is 3. The third-order valence-corrected chi connectivity index (χ3v) is 5.93. The van der Waals surface area contributed by atoms with E-state index in [1.807, 2.05) is 0 Å². The van der Waals surface area contributed by atoms with Gasteiger partial charge in [-0.25, -0.2) is 18.9 Å². The lowest BCUT2D eigenvalue weighted by Gasteiger charge is -2.22. The van der Waals surface area contributed by atoms with Crippen molar-refractivity contribution in [1.29, 1.82) is 0 Å². The monoisotopic (exact) mass is 519 g/mol. The van der Waals surface area contributed by atoms with E-state index in [4.69, 9.17) is 9.47 Å². The largest absolute Gasteiger partial charge is 0.497 e. The van der Waals surface area contributed by atoms with Crippen LogP contribution < -0.4 is 15.0 Å². The Morgan fingerprint density at radius 3 is 2.45 bits per heavy atom. The maximum atomic E-state index is 13.5. The number of nitrogens with one attached hydrogen (secondary N) is 1. The Balaban J connectivity index is 1.58. The number of amides is 4. The van der Waals surface area contributed by atoms with Crippen LogP contribution in [0.5, 0.6) is 5.75 Å². The maximum absolute atomic E-state index is 13.5. The first-order chi connectivity index (χ1) is 18.3. The molecule has 1 aliphatic heterocycles. The van der Waals surface area contributed by atoms with Gasteiger partial charge in [0.15, 0.2) is 0 Å². The number of carbonyl (C=O) groups is 4. The second-order valence-corrected chi connectivity index (χ2v) is 8.48. The average Bonchev–Trinajstić information content (AvgIpc) is 3.13. The number of esters is 1. The molecule has 196 valence electrons. The first kappa shape index (κ1) is 26.3. The van der Waals surface area contributed by atoms with E-state index in [9.17, 15) is 23.6 Å². The Morgan fingerprint density at radius 2 is 1.74 bits per heavy atom. The summed E-state index contributed by atoms with van der Waals surface area (Å²) in [7, 11) is 1.52. The Morgan fingerprint density at radius 1 is 1.00 bits per heavy atom. The molecule has 0 saturated carbocycles. The fraction of sp³-hybridized carbons (Fsp3) is 0.214. The van der Waals surface area contributed by atoms with Crippen LogP contribution in [-0.4, -0.2) is 48.5 Å². The number of ether oxygens (including phenoxy) is 2. The molecule has 9 nitrogen and oxygen atoms in total. The summed E-state index contributed by atoms with van der Waals surface area (Å²) in [5.74, 6) is -1.61. The molecule has 0 aliphatic carbocycles. The molecule has 1 aliphatic rings. The number of halogens is 1. The summed E-state index contributed by atoms with van der Waals surface area (Å²) in [5, 5.41) is 2.68. The van der Waals surface area contributed by atoms with Crippen molar-refractivity contribution in [3.05, 3.63) is 89.7 Å². The van der Waals surface area contributed by atoms with E-state index in [0.717, 1.165) is 17.0 Å². The normalized spacial score (nSPS) is 15.0. The van der Waals surface area contributed by atoms with Crippen LogP contribution in [0.2, 0.25) is 0 Å². The fourth-order valence-electron chi connectivity index (χ4n) is 4.14. The molecular weight excluding hydrogens is 493 g/mol. The van der Waals surface area contributed by atoms with Crippen LogP contribution in [-0.2, 0) is 20.9 Å². The summed E-state index contributed by atoms with van der Waals surface area (Å²) >= 11 is 0. The summed E-state index contributed by atoms with van der Waals surface area (Å²) < 4.78 is 23.7. The minimum absolute atomic E-state index is 0.0375. The van der Waals surface area contributed by atoms with E-state index in [-0.39, 0.29) is 30.8 Å². The molecule has 1 atom stereocenters. The van der Waals surface area contributed by atoms with Crippen molar-refractivity contribution in [2.75, 3.05) is 23.9 Å². The number of carbonyl (C=O) groups excluding carboxylic acids is 4. The van der Waals surface area contributed by atoms with E-state index in [0.29, 0.717) is 17.0 Å². The lowest BCUT2D eigenvalue weighted by atomic mass is 10.1. The quantitative estimate of drug-likeness (QED) is 0.332. The van der Waals surface area contributed by atoms with Gasteiger partial charge in [-0.1, -0.05) is 18.2 Å². The topological polar surface area (TPSA) is 105 Å². The predicted molar refractivity (Wildman–Crippen MR) is 137 cm³/mol. The highest BCUT2D eigenvalue weighted by molar-refractivity contribution is 6.22. The summed E-state index contributed by atoms with van der Waals surface area (Å²) in [4.78, 5) is 54.1. The third-order valence-electron chi connectivity index (χ3n) is 5.93. The molecule has 3 aromatic rings. The second kappa shape index (κ2) is 11.5. The van der Waals surface area contributed by atoms with Crippen LogP contribution >= 0.6 is 0 Å². The lowest BCUT2D eigenvalue weighted by Crippen LogP contribution is -2.37. The maximum Gasteiger partial charge on any atom is 0.338 e. The van der Waals surface area contributed by atoms with Crippen molar-refractivity contribution in [3.63, 3.8) is 0 Å². The standard InChI is InChI=1S/C28H26FN3O6/c1-3-38-27(35)19-7-5-8-21(15-19)30-25(33)16-24-26(34)32(22-12-10-20(29)11-13-22)28(36)31(24)17-18-6-4-9-23(14-18)37-2/h4-15,24H,3,16-17H2,1-2H3,(H,30,33)/t24-/m0/s1. The van der Waals surface area contributed by atoms with Gasteiger partial charge in [-0.2, -0.15) is 0 Å². The molecule has 0 radical (unpaired) electrons. The second-order valence-electron chi connectivity index (χ2n) is 8.48. The Bertz CT molecular complexity index is 1360. The molecule has 3 aromatic carbocycles. The zero-order valence-electron chi connectivity index (χ0n) is 20.8. The van der Waals surface area contributed by atoms with E-state index in [1.54, 1.807) is 49.4 Å².